The van der Waals surface area contributed by atoms with Crippen LogP contribution in [0.4, 0.5) is 0 Å². The number of rotatable bonds is 42. The zero-order valence-electron chi connectivity index (χ0n) is 37.3. The number of aliphatic hydroxyl groups excluding tert-OH is 2. The number of allylic oxidation sites excluding steroid dienone is 4. The Morgan fingerprint density at radius 2 is 1.19 bits per heavy atom. The average Bonchev–Trinajstić information content (AvgIpc) is 3.98. The molecular formula is C47H85O11P. The number of ether oxygens (including phenoxy) is 3. The number of hydrogen-bond acceptors (Lipinski definition) is 10. The minimum atomic E-state index is -4.64. The Balaban J connectivity index is 2.26. The van der Waals surface area contributed by atoms with Crippen LogP contribution < -0.4 is 0 Å². The third-order valence-corrected chi connectivity index (χ3v) is 11.7. The summed E-state index contributed by atoms with van der Waals surface area (Å²) in [7, 11) is -4.64. The second kappa shape index (κ2) is 37.9. The highest BCUT2D eigenvalue weighted by atomic mass is 31.2. The van der Waals surface area contributed by atoms with E-state index in [-0.39, 0.29) is 31.7 Å². The Morgan fingerprint density at radius 1 is 0.661 bits per heavy atom. The average molecular weight is 857 g/mol. The Kier molecular flexibility index (Phi) is 35.4. The molecule has 11 nitrogen and oxygen atoms in total. The number of carbonyl (C=O) groups is 2. The van der Waals surface area contributed by atoms with Gasteiger partial charge in [0.1, 0.15) is 12.7 Å². The molecule has 0 spiro atoms. The van der Waals surface area contributed by atoms with Crippen LogP contribution in [-0.4, -0.2) is 77.9 Å². The van der Waals surface area contributed by atoms with E-state index < -0.39 is 51.8 Å². The summed E-state index contributed by atoms with van der Waals surface area (Å²) in [4.78, 5) is 35.1. The van der Waals surface area contributed by atoms with Crippen molar-refractivity contribution < 1.29 is 52.5 Å². The lowest BCUT2D eigenvalue weighted by atomic mass is 9.99. The highest BCUT2D eigenvalue weighted by Gasteiger charge is 2.36. The quantitative estimate of drug-likeness (QED) is 0.0176. The molecule has 1 rings (SSSR count). The van der Waals surface area contributed by atoms with Crippen LogP contribution in [0.5, 0.6) is 0 Å². The van der Waals surface area contributed by atoms with Gasteiger partial charge < -0.3 is 29.3 Å². The summed E-state index contributed by atoms with van der Waals surface area (Å²) in [6.07, 6.45) is 39.9. The summed E-state index contributed by atoms with van der Waals surface area (Å²) in [5, 5.41) is 18.4. The summed E-state index contributed by atoms with van der Waals surface area (Å²) < 4.78 is 38.5. The van der Waals surface area contributed by atoms with E-state index in [0.717, 1.165) is 50.9 Å². The van der Waals surface area contributed by atoms with E-state index in [4.69, 9.17) is 28.4 Å². The molecule has 0 aromatic carbocycles. The Hall–Kier alpha value is -1.85. The molecule has 1 saturated heterocycles. The normalized spacial score (nSPS) is 18.1. The zero-order chi connectivity index (χ0) is 43.2. The molecule has 1 aliphatic rings. The van der Waals surface area contributed by atoms with Crippen LogP contribution in [0.3, 0.4) is 0 Å². The summed E-state index contributed by atoms with van der Waals surface area (Å²) in [5.74, 6) is -0.124. The molecule has 0 radical (unpaired) electrons. The van der Waals surface area contributed by atoms with Gasteiger partial charge in [0.05, 0.1) is 32.0 Å². The van der Waals surface area contributed by atoms with Crippen molar-refractivity contribution in [2.45, 2.75) is 219 Å². The predicted molar refractivity (Wildman–Crippen MR) is 237 cm³/mol. The van der Waals surface area contributed by atoms with E-state index in [1.165, 1.54) is 96.3 Å². The first-order valence-electron chi connectivity index (χ1n) is 23.5. The topological polar surface area (TPSA) is 161 Å². The van der Waals surface area contributed by atoms with Crippen LogP contribution in [0.25, 0.3) is 0 Å². The maximum absolute atomic E-state index is 12.7. The van der Waals surface area contributed by atoms with Crippen molar-refractivity contribution >= 4 is 19.8 Å². The van der Waals surface area contributed by atoms with Gasteiger partial charge in [-0.3, -0.25) is 18.6 Å². The number of aliphatic hydroxyl groups is 2. The third-order valence-electron chi connectivity index (χ3n) is 10.7. The standard InChI is InChI=1S/C47H85O11P/c1-4-6-7-8-9-16-20-23-28-33-44-45(58-44)34-29-25-26-30-35-46(50)54-39-43(40-56-59(52,53)55-38-42(49)37-48)57-47(51)36-31-24-21-18-15-13-11-10-12-14-17-19-22-27-32-41(3)5-2/h9,16,23,25,28-29,41-45,48-49H,4-8,10-15,17-22,24,26-27,30-40H2,1-3H3,(H,52,53)/b16-9-,28-23-,29-25-/t41?,42-,43+,44?,45?/m0/s1. The number of esters is 2. The molecule has 0 aliphatic carbocycles. The van der Waals surface area contributed by atoms with Crippen LogP contribution in [0.15, 0.2) is 36.5 Å². The molecule has 0 bridgehead atoms. The number of phosphoric acid groups is 1. The summed E-state index contributed by atoms with van der Waals surface area (Å²) in [5.41, 5.74) is 0. The summed E-state index contributed by atoms with van der Waals surface area (Å²) >= 11 is 0. The zero-order valence-corrected chi connectivity index (χ0v) is 38.2. The molecule has 12 heteroatoms. The lowest BCUT2D eigenvalue weighted by Gasteiger charge is -2.20. The molecule has 0 saturated carbocycles. The fourth-order valence-electron chi connectivity index (χ4n) is 6.59. The second-order valence-electron chi connectivity index (χ2n) is 16.4. The Labute approximate surface area is 358 Å². The number of hydrogen-bond donors (Lipinski definition) is 3. The van der Waals surface area contributed by atoms with Crippen molar-refractivity contribution in [2.75, 3.05) is 26.4 Å². The minimum absolute atomic E-state index is 0.158. The van der Waals surface area contributed by atoms with Crippen LogP contribution in [0, 0.1) is 5.92 Å². The van der Waals surface area contributed by atoms with Gasteiger partial charge in [0.2, 0.25) is 0 Å². The Morgan fingerprint density at radius 3 is 1.80 bits per heavy atom. The maximum atomic E-state index is 12.7. The van der Waals surface area contributed by atoms with Crippen molar-refractivity contribution in [2.24, 2.45) is 5.92 Å². The minimum Gasteiger partial charge on any atom is -0.462 e. The van der Waals surface area contributed by atoms with E-state index >= 15 is 0 Å². The van der Waals surface area contributed by atoms with Crippen molar-refractivity contribution in [1.29, 1.82) is 0 Å². The van der Waals surface area contributed by atoms with Gasteiger partial charge in [-0.15, -0.1) is 0 Å². The van der Waals surface area contributed by atoms with E-state index in [1.807, 2.05) is 6.08 Å². The van der Waals surface area contributed by atoms with Gasteiger partial charge in [0.15, 0.2) is 6.10 Å². The van der Waals surface area contributed by atoms with Crippen LogP contribution >= 0.6 is 7.82 Å². The lowest BCUT2D eigenvalue weighted by molar-refractivity contribution is -0.161. The number of carbonyl (C=O) groups excluding carboxylic acids is 2. The molecule has 3 N–H and O–H groups in total. The fraction of sp³-hybridized carbons (Fsp3) is 0.830. The van der Waals surface area contributed by atoms with Crippen molar-refractivity contribution in [3.63, 3.8) is 0 Å². The first-order chi connectivity index (χ1) is 28.6. The van der Waals surface area contributed by atoms with E-state index in [2.05, 4.69) is 51.2 Å². The van der Waals surface area contributed by atoms with Crippen LogP contribution in [-0.2, 0) is 37.4 Å². The summed E-state index contributed by atoms with van der Waals surface area (Å²) in [6, 6.07) is 0. The van der Waals surface area contributed by atoms with E-state index in [0.29, 0.717) is 19.3 Å². The first-order valence-corrected chi connectivity index (χ1v) is 25.0. The molecule has 1 heterocycles. The van der Waals surface area contributed by atoms with Gasteiger partial charge in [-0.1, -0.05) is 166 Å². The first kappa shape index (κ1) is 55.2. The van der Waals surface area contributed by atoms with Gasteiger partial charge in [0.25, 0.3) is 0 Å². The predicted octanol–water partition coefficient (Wildman–Crippen LogP) is 11.6. The summed E-state index contributed by atoms with van der Waals surface area (Å²) in [6.45, 7) is 4.66. The fourth-order valence-corrected chi connectivity index (χ4v) is 7.38. The molecule has 0 aromatic heterocycles. The van der Waals surface area contributed by atoms with Gasteiger partial charge >= 0.3 is 19.8 Å². The van der Waals surface area contributed by atoms with Gasteiger partial charge in [-0.2, -0.15) is 0 Å². The number of unbranched alkanes of at least 4 members (excludes halogenated alkanes) is 17. The number of epoxide rings is 1. The van der Waals surface area contributed by atoms with Gasteiger partial charge in [-0.25, -0.2) is 4.57 Å². The third kappa shape index (κ3) is 35.4. The molecular weight excluding hydrogens is 771 g/mol. The molecule has 59 heavy (non-hydrogen) atoms. The molecule has 0 aromatic rings. The van der Waals surface area contributed by atoms with Crippen LogP contribution in [0.2, 0.25) is 0 Å². The number of phosphoric ester groups is 1. The smallest absolute Gasteiger partial charge is 0.462 e. The second-order valence-corrected chi connectivity index (χ2v) is 17.9. The molecule has 344 valence electrons. The molecule has 1 fully saturated rings. The molecule has 6 atom stereocenters. The van der Waals surface area contributed by atoms with E-state index in [9.17, 15) is 24.2 Å². The highest BCUT2D eigenvalue weighted by Crippen LogP contribution is 2.43. The van der Waals surface area contributed by atoms with Crippen LogP contribution in [0.1, 0.15) is 194 Å². The Bertz CT molecular complexity index is 1160. The monoisotopic (exact) mass is 857 g/mol. The maximum Gasteiger partial charge on any atom is 0.472 e. The molecule has 0 amide bonds. The molecule has 1 aliphatic heterocycles. The van der Waals surface area contributed by atoms with Crippen molar-refractivity contribution in [3.8, 4) is 0 Å². The SMILES string of the molecule is CCCCC/C=C\C/C=C\CC1OC1C/C=C\CCCC(=O)OC[C@H](COP(=O)(O)OC[C@@H](O)CO)OC(=O)CCCCCCCCCCCCCCCCC(C)CC. The van der Waals surface area contributed by atoms with Gasteiger partial charge in [-0.05, 0) is 57.3 Å². The largest absolute Gasteiger partial charge is 0.472 e. The van der Waals surface area contributed by atoms with Crippen molar-refractivity contribution in [1.82, 2.24) is 0 Å². The van der Waals surface area contributed by atoms with Crippen molar-refractivity contribution in [3.05, 3.63) is 36.5 Å². The molecule has 4 unspecified atom stereocenters. The highest BCUT2D eigenvalue weighted by molar-refractivity contribution is 7.47. The van der Waals surface area contributed by atoms with Gasteiger partial charge in [0, 0.05) is 12.8 Å². The lowest BCUT2D eigenvalue weighted by Crippen LogP contribution is -2.29. The van der Waals surface area contributed by atoms with E-state index in [1.54, 1.807) is 0 Å².